The molecule has 0 bridgehead atoms. The van der Waals surface area contributed by atoms with E-state index < -0.39 is 6.17 Å². The summed E-state index contributed by atoms with van der Waals surface area (Å²) < 4.78 is 18.5. The lowest BCUT2D eigenvalue weighted by atomic mass is 9.87. The third kappa shape index (κ3) is 1.62. The lowest BCUT2D eigenvalue weighted by Crippen LogP contribution is -2.44. The van der Waals surface area contributed by atoms with Gasteiger partial charge in [-0.05, 0) is 25.8 Å². The summed E-state index contributed by atoms with van der Waals surface area (Å²) >= 11 is 0. The predicted molar refractivity (Wildman–Crippen MR) is 54.3 cm³/mol. The summed E-state index contributed by atoms with van der Waals surface area (Å²) in [4.78, 5) is 13.2. The van der Waals surface area contributed by atoms with Gasteiger partial charge >= 0.3 is 6.09 Å². The average molecular weight is 213 g/mol. The lowest BCUT2D eigenvalue weighted by Gasteiger charge is -2.33. The van der Waals surface area contributed by atoms with Crippen LogP contribution >= 0.6 is 0 Å². The van der Waals surface area contributed by atoms with E-state index in [0.29, 0.717) is 12.0 Å². The second-order valence-electron chi connectivity index (χ2n) is 4.56. The van der Waals surface area contributed by atoms with Crippen molar-refractivity contribution in [2.75, 3.05) is 0 Å². The van der Waals surface area contributed by atoms with Crippen molar-refractivity contribution < 1.29 is 13.9 Å². The first-order valence-corrected chi connectivity index (χ1v) is 5.31. The van der Waals surface area contributed by atoms with Gasteiger partial charge in [0, 0.05) is 12.5 Å². The summed E-state index contributed by atoms with van der Waals surface area (Å²) in [5.41, 5.74) is 0.584. The van der Waals surface area contributed by atoms with Gasteiger partial charge in [0.05, 0.1) is 6.04 Å². The molecule has 1 saturated heterocycles. The van der Waals surface area contributed by atoms with Crippen LogP contribution in [0.5, 0.6) is 0 Å². The number of hydrogen-bond donors (Lipinski definition) is 0. The fourth-order valence-electron chi connectivity index (χ4n) is 2.38. The molecule has 0 aromatic rings. The molecule has 1 saturated carbocycles. The largest absolute Gasteiger partial charge is 0.444 e. The van der Waals surface area contributed by atoms with Crippen LogP contribution in [0.2, 0.25) is 0 Å². The first kappa shape index (κ1) is 10.5. The number of amides is 1. The molecular formula is C11H16FNO2. The molecule has 84 valence electrons. The minimum atomic E-state index is -1.02. The van der Waals surface area contributed by atoms with E-state index >= 15 is 0 Å². The summed E-state index contributed by atoms with van der Waals surface area (Å²) in [6.07, 6.45) is -0.845. The molecule has 1 heterocycles. The van der Waals surface area contributed by atoms with Gasteiger partial charge in [-0.1, -0.05) is 6.58 Å². The van der Waals surface area contributed by atoms with Gasteiger partial charge in [-0.25, -0.2) is 9.18 Å². The fourth-order valence-corrected chi connectivity index (χ4v) is 2.38. The fraction of sp³-hybridized carbons (Fsp3) is 0.727. The molecule has 2 fully saturated rings. The highest BCUT2D eigenvalue weighted by atomic mass is 19.1. The van der Waals surface area contributed by atoms with E-state index in [1.54, 1.807) is 4.90 Å². The Hall–Kier alpha value is -1.06. The van der Waals surface area contributed by atoms with Crippen molar-refractivity contribution in [2.24, 2.45) is 0 Å². The van der Waals surface area contributed by atoms with Gasteiger partial charge in [-0.3, -0.25) is 4.90 Å². The molecule has 2 rings (SSSR count). The van der Waals surface area contributed by atoms with E-state index in [1.807, 2.05) is 13.8 Å². The summed E-state index contributed by atoms with van der Waals surface area (Å²) in [5.74, 6) is 0. The monoisotopic (exact) mass is 213 g/mol. The van der Waals surface area contributed by atoms with Crippen molar-refractivity contribution in [3.63, 3.8) is 0 Å². The maximum absolute atomic E-state index is 13.4. The van der Waals surface area contributed by atoms with E-state index in [0.717, 1.165) is 0 Å². The van der Waals surface area contributed by atoms with Crippen LogP contribution < -0.4 is 0 Å². The first-order chi connectivity index (χ1) is 7.00. The average Bonchev–Trinajstić information content (AvgIpc) is 2.41. The molecule has 3 unspecified atom stereocenters. The lowest BCUT2D eigenvalue weighted by molar-refractivity contribution is 0.0983. The maximum Gasteiger partial charge on any atom is 0.410 e. The Morgan fingerprint density at radius 2 is 2.27 bits per heavy atom. The number of carbonyl (C=O) groups excluding carboxylic acids is 1. The molecule has 0 radical (unpaired) electrons. The second kappa shape index (κ2) is 3.51. The van der Waals surface area contributed by atoms with Gasteiger partial charge < -0.3 is 4.74 Å². The Bertz CT molecular complexity index is 303. The van der Waals surface area contributed by atoms with Gasteiger partial charge in [0.2, 0.25) is 0 Å². The number of hydrogen-bond acceptors (Lipinski definition) is 2. The molecule has 15 heavy (non-hydrogen) atoms. The number of carbonyl (C=O) groups is 1. The van der Waals surface area contributed by atoms with Crippen molar-refractivity contribution in [2.45, 2.75) is 51.0 Å². The maximum atomic E-state index is 13.4. The van der Waals surface area contributed by atoms with Crippen LogP contribution in [-0.4, -0.2) is 35.4 Å². The van der Waals surface area contributed by atoms with Crippen LogP contribution in [0.1, 0.15) is 26.7 Å². The molecule has 3 atom stereocenters. The molecule has 1 aliphatic heterocycles. The normalized spacial score (nSPS) is 35.7. The van der Waals surface area contributed by atoms with Crippen molar-refractivity contribution in [1.29, 1.82) is 0 Å². The number of alkyl halides is 1. The Labute approximate surface area is 88.9 Å². The van der Waals surface area contributed by atoms with Crippen LogP contribution in [0, 0.1) is 0 Å². The van der Waals surface area contributed by atoms with E-state index in [1.165, 1.54) is 0 Å². The molecule has 4 heteroatoms. The summed E-state index contributed by atoms with van der Waals surface area (Å²) in [7, 11) is 0. The SMILES string of the molecule is C=C1CC2C(CC1F)OC(=O)N2C(C)C. The highest BCUT2D eigenvalue weighted by molar-refractivity contribution is 5.71. The minimum absolute atomic E-state index is 0.0167. The number of rotatable bonds is 1. The second-order valence-corrected chi connectivity index (χ2v) is 4.56. The quantitative estimate of drug-likeness (QED) is 0.625. The molecule has 0 aromatic heterocycles. The van der Waals surface area contributed by atoms with Crippen LogP contribution in [0.4, 0.5) is 9.18 Å². The Morgan fingerprint density at radius 3 is 2.87 bits per heavy atom. The zero-order valence-corrected chi connectivity index (χ0v) is 9.07. The van der Waals surface area contributed by atoms with Crippen molar-refractivity contribution in [3.05, 3.63) is 12.2 Å². The predicted octanol–water partition coefficient (Wildman–Crippen LogP) is 2.27. The first-order valence-electron chi connectivity index (χ1n) is 5.31. The van der Waals surface area contributed by atoms with Crippen molar-refractivity contribution in [1.82, 2.24) is 4.90 Å². The zero-order chi connectivity index (χ0) is 11.2. The molecule has 1 amide bonds. The van der Waals surface area contributed by atoms with Crippen LogP contribution in [-0.2, 0) is 4.74 Å². The van der Waals surface area contributed by atoms with Gasteiger partial charge in [0.1, 0.15) is 12.3 Å². The highest BCUT2D eigenvalue weighted by Gasteiger charge is 2.47. The standard InChI is InChI=1S/C11H16FNO2/c1-6(2)13-9-4-7(3)8(12)5-10(9)15-11(13)14/h6,8-10H,3-5H2,1-2H3. The summed E-state index contributed by atoms with van der Waals surface area (Å²) in [6.45, 7) is 7.58. The molecule has 1 aliphatic carbocycles. The Morgan fingerprint density at radius 1 is 1.60 bits per heavy atom. The number of ether oxygens (including phenoxy) is 1. The van der Waals surface area contributed by atoms with Gasteiger partial charge in [0.25, 0.3) is 0 Å². The zero-order valence-electron chi connectivity index (χ0n) is 9.07. The number of halogens is 1. The molecule has 2 aliphatic rings. The van der Waals surface area contributed by atoms with E-state index in [9.17, 15) is 9.18 Å². The molecule has 3 nitrogen and oxygen atoms in total. The minimum Gasteiger partial charge on any atom is -0.444 e. The highest BCUT2D eigenvalue weighted by Crippen LogP contribution is 2.36. The van der Waals surface area contributed by atoms with E-state index in [2.05, 4.69) is 6.58 Å². The molecule has 0 N–H and O–H groups in total. The smallest absolute Gasteiger partial charge is 0.410 e. The molecular weight excluding hydrogens is 197 g/mol. The van der Waals surface area contributed by atoms with Gasteiger partial charge in [0.15, 0.2) is 0 Å². The van der Waals surface area contributed by atoms with Gasteiger partial charge in [-0.2, -0.15) is 0 Å². The van der Waals surface area contributed by atoms with Gasteiger partial charge in [-0.15, -0.1) is 0 Å². The molecule has 0 spiro atoms. The van der Waals surface area contributed by atoms with E-state index in [-0.39, 0.29) is 30.7 Å². The van der Waals surface area contributed by atoms with Crippen molar-refractivity contribution in [3.8, 4) is 0 Å². The van der Waals surface area contributed by atoms with E-state index in [4.69, 9.17) is 4.74 Å². The summed E-state index contributed by atoms with van der Waals surface area (Å²) in [5, 5.41) is 0. The summed E-state index contributed by atoms with van der Waals surface area (Å²) in [6, 6.07) is 0.0773. The van der Waals surface area contributed by atoms with Crippen LogP contribution in [0.3, 0.4) is 0 Å². The molecule has 0 aromatic carbocycles. The van der Waals surface area contributed by atoms with Crippen molar-refractivity contribution >= 4 is 6.09 Å². The number of fused-ring (bicyclic) bond motifs is 1. The Balaban J connectivity index is 2.19. The topological polar surface area (TPSA) is 29.5 Å². The third-order valence-electron chi connectivity index (χ3n) is 3.16. The Kier molecular flexibility index (Phi) is 2.44. The van der Waals surface area contributed by atoms with Crippen LogP contribution in [0.25, 0.3) is 0 Å². The third-order valence-corrected chi connectivity index (χ3v) is 3.16. The number of nitrogens with zero attached hydrogens (tertiary/aromatic N) is 1. The van der Waals surface area contributed by atoms with Crippen LogP contribution in [0.15, 0.2) is 12.2 Å².